The van der Waals surface area contributed by atoms with Crippen LogP contribution in [0.25, 0.3) is 0 Å². The number of hydrogen-bond donors (Lipinski definition) is 2. The van der Waals surface area contributed by atoms with Crippen LogP contribution >= 0.6 is 15.9 Å². The monoisotopic (exact) mass is 336 g/mol. The Bertz CT molecular complexity index is 444. The van der Waals surface area contributed by atoms with E-state index in [1.54, 1.807) is 6.07 Å². The van der Waals surface area contributed by atoms with Crippen molar-refractivity contribution in [3.63, 3.8) is 0 Å². The van der Waals surface area contributed by atoms with Crippen molar-refractivity contribution in [3.05, 3.63) is 33.8 Å². The second-order valence-electron chi connectivity index (χ2n) is 4.97. The highest BCUT2D eigenvalue weighted by Crippen LogP contribution is 2.40. The zero-order valence-corrected chi connectivity index (χ0v) is 11.9. The van der Waals surface area contributed by atoms with Gasteiger partial charge in [0.1, 0.15) is 0 Å². The van der Waals surface area contributed by atoms with Gasteiger partial charge in [0.2, 0.25) is 0 Å². The summed E-state index contributed by atoms with van der Waals surface area (Å²) in [7, 11) is 0. The van der Waals surface area contributed by atoms with Crippen LogP contribution in [0.3, 0.4) is 0 Å². The average Bonchev–Trinajstić information content (AvgIpc) is 3.14. The molecule has 0 bridgehead atoms. The summed E-state index contributed by atoms with van der Waals surface area (Å²) in [6.45, 7) is 0. The van der Waals surface area contributed by atoms with Gasteiger partial charge in [0.05, 0.1) is 5.56 Å². The maximum atomic E-state index is 13.0. The molecule has 0 saturated heterocycles. The van der Waals surface area contributed by atoms with Crippen LogP contribution in [0.1, 0.15) is 42.9 Å². The van der Waals surface area contributed by atoms with E-state index < -0.39 is 17.8 Å². The molecule has 1 aromatic rings. The maximum Gasteiger partial charge on any atom is 0.416 e. The molecule has 1 atom stereocenters. The molecule has 0 aromatic heterocycles. The van der Waals surface area contributed by atoms with Gasteiger partial charge in [-0.3, -0.25) is 11.3 Å². The van der Waals surface area contributed by atoms with E-state index in [4.69, 9.17) is 5.84 Å². The Morgan fingerprint density at radius 3 is 2.58 bits per heavy atom. The van der Waals surface area contributed by atoms with Gasteiger partial charge in [0.25, 0.3) is 0 Å². The molecule has 0 radical (unpaired) electrons. The van der Waals surface area contributed by atoms with Crippen LogP contribution in [0.5, 0.6) is 0 Å². The molecular weight excluding hydrogens is 321 g/mol. The Kier molecular flexibility index (Phi) is 4.53. The summed E-state index contributed by atoms with van der Waals surface area (Å²) in [4.78, 5) is 0. The normalized spacial score (nSPS) is 17.5. The minimum absolute atomic E-state index is 0.221. The first kappa shape index (κ1) is 14.8. The van der Waals surface area contributed by atoms with E-state index in [1.165, 1.54) is 18.9 Å². The topological polar surface area (TPSA) is 38.0 Å². The third kappa shape index (κ3) is 3.94. The van der Waals surface area contributed by atoms with Crippen LogP contribution < -0.4 is 11.3 Å². The van der Waals surface area contributed by atoms with Crippen molar-refractivity contribution in [2.24, 2.45) is 11.8 Å². The molecule has 3 N–H and O–H groups in total. The molecule has 1 aromatic carbocycles. The van der Waals surface area contributed by atoms with Crippen molar-refractivity contribution in [2.75, 3.05) is 0 Å². The zero-order valence-electron chi connectivity index (χ0n) is 10.3. The number of hydrazine groups is 1. The van der Waals surface area contributed by atoms with Gasteiger partial charge in [-0.05, 0) is 36.5 Å². The predicted octanol–water partition coefficient (Wildman–Crippen LogP) is 4.16. The molecule has 1 aliphatic carbocycles. The van der Waals surface area contributed by atoms with E-state index in [2.05, 4.69) is 21.4 Å². The molecule has 1 fully saturated rings. The molecule has 1 unspecified atom stereocenters. The highest BCUT2D eigenvalue weighted by atomic mass is 79.9. The predicted molar refractivity (Wildman–Crippen MR) is 71.2 cm³/mol. The molecule has 0 heterocycles. The summed E-state index contributed by atoms with van der Waals surface area (Å²) < 4.78 is 39.6. The van der Waals surface area contributed by atoms with Gasteiger partial charge < -0.3 is 0 Å². The number of nitrogens with one attached hydrogen (secondary N) is 1. The van der Waals surface area contributed by atoms with Crippen LogP contribution in [0, 0.1) is 5.92 Å². The largest absolute Gasteiger partial charge is 0.416 e. The van der Waals surface area contributed by atoms with Crippen LogP contribution in [0.4, 0.5) is 13.2 Å². The highest BCUT2D eigenvalue weighted by molar-refractivity contribution is 9.10. The third-order valence-electron chi connectivity index (χ3n) is 3.46. The number of hydrogen-bond acceptors (Lipinski definition) is 2. The lowest BCUT2D eigenvalue weighted by Crippen LogP contribution is -2.30. The Hall–Kier alpha value is -0.590. The summed E-state index contributed by atoms with van der Waals surface area (Å²) in [5.41, 5.74) is 2.11. The molecule has 6 heteroatoms. The minimum Gasteiger partial charge on any atom is -0.271 e. The van der Waals surface area contributed by atoms with Gasteiger partial charge in [-0.15, -0.1) is 0 Å². The lowest BCUT2D eigenvalue weighted by Gasteiger charge is -2.21. The van der Waals surface area contributed by atoms with E-state index in [1.807, 2.05) is 0 Å². The van der Waals surface area contributed by atoms with Gasteiger partial charge in [0.15, 0.2) is 0 Å². The summed E-state index contributed by atoms with van der Waals surface area (Å²) in [6.07, 6.45) is -0.449. The highest BCUT2D eigenvalue weighted by Gasteiger charge is 2.35. The number of nitrogens with two attached hydrogens (primary N) is 1. The van der Waals surface area contributed by atoms with Crippen molar-refractivity contribution >= 4 is 15.9 Å². The quantitative estimate of drug-likeness (QED) is 0.625. The molecule has 19 heavy (non-hydrogen) atoms. The van der Waals surface area contributed by atoms with Crippen molar-refractivity contribution in [2.45, 2.75) is 37.9 Å². The van der Waals surface area contributed by atoms with Crippen molar-refractivity contribution in [1.29, 1.82) is 0 Å². The van der Waals surface area contributed by atoms with Crippen molar-refractivity contribution in [1.82, 2.24) is 5.43 Å². The number of halogens is 4. The van der Waals surface area contributed by atoms with Gasteiger partial charge >= 0.3 is 6.18 Å². The Morgan fingerprint density at radius 2 is 2.05 bits per heavy atom. The SMILES string of the molecule is NNC(CCC1CC1)c1ccc(Br)cc1C(F)(F)F. The Labute approximate surface area is 118 Å². The van der Waals surface area contributed by atoms with Gasteiger partial charge in [-0.1, -0.05) is 34.8 Å². The molecule has 2 nitrogen and oxygen atoms in total. The fraction of sp³-hybridized carbons (Fsp3) is 0.538. The van der Waals surface area contributed by atoms with Crippen LogP contribution in [-0.4, -0.2) is 0 Å². The first-order chi connectivity index (χ1) is 8.91. The number of benzene rings is 1. The summed E-state index contributed by atoms with van der Waals surface area (Å²) in [5.74, 6) is 6.10. The van der Waals surface area contributed by atoms with E-state index in [0.717, 1.165) is 12.5 Å². The molecule has 2 rings (SSSR count). The summed E-state index contributed by atoms with van der Waals surface area (Å²) >= 11 is 3.08. The van der Waals surface area contributed by atoms with Gasteiger partial charge in [0, 0.05) is 10.5 Å². The molecule has 0 amide bonds. The second-order valence-corrected chi connectivity index (χ2v) is 5.88. The van der Waals surface area contributed by atoms with Crippen molar-refractivity contribution in [3.8, 4) is 0 Å². The molecule has 1 saturated carbocycles. The lowest BCUT2D eigenvalue weighted by atomic mass is 9.96. The third-order valence-corrected chi connectivity index (χ3v) is 3.95. The van der Waals surface area contributed by atoms with E-state index in [-0.39, 0.29) is 5.56 Å². The van der Waals surface area contributed by atoms with Crippen LogP contribution in [-0.2, 0) is 6.18 Å². The fourth-order valence-corrected chi connectivity index (χ4v) is 2.58. The van der Waals surface area contributed by atoms with E-state index in [0.29, 0.717) is 16.8 Å². The van der Waals surface area contributed by atoms with E-state index in [9.17, 15) is 13.2 Å². The Balaban J connectivity index is 2.24. The van der Waals surface area contributed by atoms with Crippen molar-refractivity contribution < 1.29 is 13.2 Å². The standard InChI is InChI=1S/C13H16BrF3N2/c14-9-4-5-10(11(7-9)13(15,16)17)12(19-18)6-3-8-1-2-8/h4-5,7-8,12,19H,1-3,6,18H2. The number of rotatable bonds is 5. The van der Waals surface area contributed by atoms with Crippen LogP contribution in [0.15, 0.2) is 22.7 Å². The van der Waals surface area contributed by atoms with E-state index >= 15 is 0 Å². The molecule has 1 aliphatic rings. The number of alkyl halides is 3. The lowest BCUT2D eigenvalue weighted by molar-refractivity contribution is -0.138. The second kappa shape index (κ2) is 5.81. The molecular formula is C13H16BrF3N2. The molecule has 0 aliphatic heterocycles. The minimum atomic E-state index is -4.37. The van der Waals surface area contributed by atoms with Gasteiger partial charge in [-0.2, -0.15) is 13.2 Å². The smallest absolute Gasteiger partial charge is 0.271 e. The van der Waals surface area contributed by atoms with Crippen LogP contribution in [0.2, 0.25) is 0 Å². The van der Waals surface area contributed by atoms with Gasteiger partial charge in [-0.25, -0.2) is 0 Å². The fourth-order valence-electron chi connectivity index (χ4n) is 2.22. The molecule has 106 valence electrons. The molecule has 0 spiro atoms. The first-order valence-corrected chi connectivity index (χ1v) is 7.04. The summed E-state index contributed by atoms with van der Waals surface area (Å²) in [6, 6.07) is 3.76. The Morgan fingerprint density at radius 1 is 1.37 bits per heavy atom. The first-order valence-electron chi connectivity index (χ1n) is 6.24. The summed E-state index contributed by atoms with van der Waals surface area (Å²) in [5, 5.41) is 0. The maximum absolute atomic E-state index is 13.0. The average molecular weight is 337 g/mol. The zero-order chi connectivity index (χ0) is 14.0.